The number of anilines is 1. The van der Waals surface area contributed by atoms with E-state index in [0.717, 1.165) is 16.3 Å². The van der Waals surface area contributed by atoms with Crippen LogP contribution >= 0.6 is 11.3 Å². The quantitative estimate of drug-likeness (QED) is 0.490. The van der Waals surface area contributed by atoms with E-state index in [9.17, 15) is 9.59 Å². The number of nitrogens with zero attached hydrogens (tertiary/aromatic N) is 3. The average molecular weight is 395 g/mol. The summed E-state index contributed by atoms with van der Waals surface area (Å²) >= 11 is 1.50. The number of esters is 1. The van der Waals surface area contributed by atoms with Gasteiger partial charge in [0.25, 0.3) is 0 Å². The number of allylic oxidation sites excluding steroid dienone is 1. The number of likely N-dealkylation sites (N-methyl/N-ethyl adjacent to an activating group) is 1. The molecular weight excluding hydrogens is 374 g/mol. The van der Waals surface area contributed by atoms with Gasteiger partial charge < -0.3 is 9.64 Å². The van der Waals surface area contributed by atoms with E-state index in [-0.39, 0.29) is 24.2 Å². The summed E-state index contributed by atoms with van der Waals surface area (Å²) in [7, 11) is 1.95. The molecule has 0 fully saturated rings. The van der Waals surface area contributed by atoms with Gasteiger partial charge in [-0.3, -0.25) is 14.0 Å². The summed E-state index contributed by atoms with van der Waals surface area (Å²) in [6.45, 7) is 3.90. The Labute approximate surface area is 167 Å². The Bertz CT molecular complexity index is 1060. The topological polar surface area (TPSA) is 63.9 Å². The van der Waals surface area contributed by atoms with Crippen molar-refractivity contribution in [3.8, 4) is 0 Å². The first-order chi connectivity index (χ1) is 13.4. The molecule has 0 unspecified atom stereocenters. The largest absolute Gasteiger partial charge is 0.457 e. The van der Waals surface area contributed by atoms with Gasteiger partial charge >= 0.3 is 5.97 Å². The number of aromatic nitrogens is 2. The van der Waals surface area contributed by atoms with Crippen LogP contribution in [0.2, 0.25) is 0 Å². The fraction of sp³-hybridized carbons (Fsp3) is 0.286. The van der Waals surface area contributed by atoms with Crippen LogP contribution in [0.25, 0.3) is 4.96 Å². The number of imidazole rings is 1. The Balaban J connectivity index is 1.40. The van der Waals surface area contributed by atoms with Crippen molar-refractivity contribution in [2.24, 2.45) is 0 Å². The molecule has 0 spiro atoms. The standard InChI is InChI=1S/C21H21N3O3S/c1-21(2)16-6-4-5-7-17(16)23(3)18(21)11-15(25)13-27-19(26)10-14-12-24-8-9-28-20(24)22-14/h4-9,11-12H,10,13H2,1-3H3. The normalized spacial score (nSPS) is 16.5. The van der Waals surface area contributed by atoms with Crippen molar-refractivity contribution in [2.45, 2.75) is 25.7 Å². The number of hydrogen-bond donors (Lipinski definition) is 0. The smallest absolute Gasteiger partial charge is 0.312 e. The van der Waals surface area contributed by atoms with Crippen LogP contribution in [0.3, 0.4) is 0 Å². The maximum Gasteiger partial charge on any atom is 0.312 e. The first-order valence-electron chi connectivity index (χ1n) is 9.01. The molecule has 0 N–H and O–H groups in total. The van der Waals surface area contributed by atoms with Crippen molar-refractivity contribution in [2.75, 3.05) is 18.6 Å². The van der Waals surface area contributed by atoms with Crippen LogP contribution in [0.4, 0.5) is 5.69 Å². The van der Waals surface area contributed by atoms with E-state index in [0.29, 0.717) is 5.69 Å². The third-order valence-corrected chi connectivity index (χ3v) is 5.85. The van der Waals surface area contributed by atoms with Crippen molar-refractivity contribution < 1.29 is 14.3 Å². The van der Waals surface area contributed by atoms with Gasteiger partial charge in [0.15, 0.2) is 17.4 Å². The van der Waals surface area contributed by atoms with Crippen molar-refractivity contribution in [1.29, 1.82) is 0 Å². The zero-order valence-electron chi connectivity index (χ0n) is 16.0. The average Bonchev–Trinajstić information content (AvgIpc) is 3.29. The molecule has 0 saturated heterocycles. The summed E-state index contributed by atoms with van der Waals surface area (Å²) in [4.78, 5) is 31.7. The van der Waals surface area contributed by atoms with Crippen LogP contribution in [0.15, 0.2) is 53.8 Å². The van der Waals surface area contributed by atoms with Crippen molar-refractivity contribution in [1.82, 2.24) is 9.38 Å². The van der Waals surface area contributed by atoms with Gasteiger partial charge in [0.1, 0.15) is 0 Å². The van der Waals surface area contributed by atoms with Gasteiger partial charge in [-0.2, -0.15) is 0 Å². The van der Waals surface area contributed by atoms with Crippen LogP contribution in [0.1, 0.15) is 25.1 Å². The second-order valence-corrected chi connectivity index (χ2v) is 8.23. The number of carbonyl (C=O) groups excluding carboxylic acids is 2. The van der Waals surface area contributed by atoms with E-state index < -0.39 is 5.97 Å². The molecule has 2 aromatic heterocycles. The highest BCUT2D eigenvalue weighted by Crippen LogP contribution is 2.46. The molecule has 1 aromatic carbocycles. The van der Waals surface area contributed by atoms with E-state index >= 15 is 0 Å². The number of para-hydroxylation sites is 1. The van der Waals surface area contributed by atoms with E-state index in [2.05, 4.69) is 24.9 Å². The third-order valence-electron chi connectivity index (χ3n) is 5.08. The Morgan fingerprint density at radius 2 is 2.07 bits per heavy atom. The number of hydrogen-bond acceptors (Lipinski definition) is 6. The van der Waals surface area contributed by atoms with E-state index in [1.54, 1.807) is 12.3 Å². The molecule has 6 nitrogen and oxygen atoms in total. The molecule has 3 heterocycles. The molecule has 0 saturated carbocycles. The maximum atomic E-state index is 12.4. The molecule has 144 valence electrons. The first kappa shape index (κ1) is 18.4. The number of fused-ring (bicyclic) bond motifs is 2. The molecule has 0 bridgehead atoms. The van der Waals surface area contributed by atoms with Crippen LogP contribution in [-0.4, -0.2) is 34.8 Å². The number of carbonyl (C=O) groups is 2. The predicted molar refractivity (Wildman–Crippen MR) is 109 cm³/mol. The fourth-order valence-electron chi connectivity index (χ4n) is 3.66. The summed E-state index contributed by atoms with van der Waals surface area (Å²) in [5, 5.41) is 1.93. The highest BCUT2D eigenvalue weighted by atomic mass is 32.1. The van der Waals surface area contributed by atoms with Crippen molar-refractivity contribution in [3.05, 3.63) is 65.1 Å². The number of benzene rings is 1. The molecule has 3 aromatic rings. The molecule has 0 aliphatic carbocycles. The van der Waals surface area contributed by atoms with Crippen LogP contribution in [0.5, 0.6) is 0 Å². The summed E-state index contributed by atoms with van der Waals surface area (Å²) in [5.74, 6) is -0.693. The van der Waals surface area contributed by atoms with Gasteiger partial charge in [-0.25, -0.2) is 4.98 Å². The van der Waals surface area contributed by atoms with E-state index in [4.69, 9.17) is 4.74 Å². The lowest BCUT2D eigenvalue weighted by Gasteiger charge is -2.23. The Morgan fingerprint density at radius 3 is 2.82 bits per heavy atom. The fourth-order valence-corrected chi connectivity index (χ4v) is 4.38. The van der Waals surface area contributed by atoms with E-state index in [1.165, 1.54) is 16.9 Å². The minimum absolute atomic E-state index is 0.0507. The second kappa shape index (κ2) is 6.91. The van der Waals surface area contributed by atoms with Gasteiger partial charge in [-0.1, -0.05) is 32.0 Å². The summed E-state index contributed by atoms with van der Waals surface area (Å²) in [6, 6.07) is 8.10. The molecule has 7 heteroatoms. The Hall–Kier alpha value is -2.93. The maximum absolute atomic E-state index is 12.4. The number of rotatable bonds is 5. The highest BCUT2D eigenvalue weighted by Gasteiger charge is 2.38. The molecule has 0 atom stereocenters. The van der Waals surface area contributed by atoms with Gasteiger partial charge in [0.2, 0.25) is 0 Å². The number of ketones is 1. The van der Waals surface area contributed by atoms with Gasteiger partial charge in [0, 0.05) is 47.7 Å². The molecule has 1 aliphatic rings. The van der Waals surface area contributed by atoms with Crippen molar-refractivity contribution in [3.63, 3.8) is 0 Å². The lowest BCUT2D eigenvalue weighted by Crippen LogP contribution is -2.25. The zero-order valence-corrected chi connectivity index (χ0v) is 16.8. The Kier molecular flexibility index (Phi) is 4.55. The van der Waals surface area contributed by atoms with Gasteiger partial charge in [-0.05, 0) is 11.6 Å². The summed E-state index contributed by atoms with van der Waals surface area (Å²) in [5.41, 5.74) is 3.50. The lowest BCUT2D eigenvalue weighted by atomic mass is 9.83. The molecule has 1 aliphatic heterocycles. The molecule has 28 heavy (non-hydrogen) atoms. The van der Waals surface area contributed by atoms with Crippen LogP contribution in [-0.2, 0) is 26.2 Å². The zero-order chi connectivity index (χ0) is 19.9. The van der Waals surface area contributed by atoms with Gasteiger partial charge in [-0.15, -0.1) is 11.3 Å². The van der Waals surface area contributed by atoms with Crippen molar-refractivity contribution >= 4 is 33.7 Å². The van der Waals surface area contributed by atoms with Crippen LogP contribution < -0.4 is 4.90 Å². The highest BCUT2D eigenvalue weighted by molar-refractivity contribution is 7.15. The van der Waals surface area contributed by atoms with Crippen LogP contribution in [0, 0.1) is 0 Å². The third kappa shape index (κ3) is 3.22. The molecule has 4 rings (SSSR count). The first-order valence-corrected chi connectivity index (χ1v) is 9.89. The predicted octanol–water partition coefficient (Wildman–Crippen LogP) is 3.36. The molecule has 0 radical (unpaired) electrons. The molecule has 0 amide bonds. The number of ether oxygens (including phenoxy) is 1. The minimum Gasteiger partial charge on any atom is -0.457 e. The number of thiazole rings is 1. The minimum atomic E-state index is -0.458. The summed E-state index contributed by atoms with van der Waals surface area (Å²) in [6.07, 6.45) is 5.31. The Morgan fingerprint density at radius 1 is 1.29 bits per heavy atom. The second-order valence-electron chi connectivity index (χ2n) is 7.36. The summed E-state index contributed by atoms with van der Waals surface area (Å²) < 4.78 is 7.03. The SMILES string of the molecule is CN1C(=CC(=O)COC(=O)Cc2cn3ccsc3n2)C(C)(C)c2ccccc21. The van der Waals surface area contributed by atoms with Gasteiger partial charge in [0.05, 0.1) is 12.1 Å². The molecular formula is C21H21N3O3S. The van der Waals surface area contributed by atoms with E-state index in [1.807, 2.05) is 46.1 Å². The monoisotopic (exact) mass is 395 g/mol. The lowest BCUT2D eigenvalue weighted by molar-refractivity contribution is -0.146.